The fraction of sp³-hybridized carbons (Fsp3) is 0.333. The van der Waals surface area contributed by atoms with E-state index in [1.807, 2.05) is 39.9 Å². The van der Waals surface area contributed by atoms with Gasteiger partial charge >= 0.3 is 0 Å². The van der Waals surface area contributed by atoms with Crippen LogP contribution in [0.4, 0.5) is 0 Å². The zero-order chi connectivity index (χ0) is 16.8. The Balaban J connectivity index is 1.47. The van der Waals surface area contributed by atoms with Gasteiger partial charge in [0.1, 0.15) is 5.69 Å². The molecule has 0 bridgehead atoms. The number of rotatable bonds is 1. The average Bonchev–Trinajstić information content (AvgIpc) is 3.16. The number of pyridine rings is 1. The lowest BCUT2D eigenvalue weighted by atomic mass is 9.99. The number of hydrogen-bond donors (Lipinski definition) is 0. The maximum Gasteiger partial charge on any atom is 0.273 e. The number of carbonyl (C=O) groups excluding carboxylic acids is 1. The highest BCUT2D eigenvalue weighted by atomic mass is 16.5. The van der Waals surface area contributed by atoms with E-state index in [9.17, 15) is 4.79 Å². The number of likely N-dealkylation sites (tertiary alicyclic amines) is 1. The Bertz CT molecular complexity index is 948. The van der Waals surface area contributed by atoms with Gasteiger partial charge in [0.2, 0.25) is 0 Å². The van der Waals surface area contributed by atoms with Crippen LogP contribution in [0.5, 0.6) is 0 Å². The monoisotopic (exact) mass is 335 g/mol. The zero-order valence-corrected chi connectivity index (χ0v) is 13.6. The van der Waals surface area contributed by atoms with Crippen LogP contribution in [-0.2, 0) is 11.3 Å². The molecule has 0 unspecified atom stereocenters. The van der Waals surface area contributed by atoms with Gasteiger partial charge in [-0.05, 0) is 17.9 Å². The molecule has 7 heteroatoms. The van der Waals surface area contributed by atoms with Crippen LogP contribution in [-0.4, -0.2) is 50.0 Å². The van der Waals surface area contributed by atoms with Crippen LogP contribution in [0.1, 0.15) is 28.6 Å². The predicted molar refractivity (Wildman–Crippen MR) is 89.9 cm³/mol. The molecule has 0 N–H and O–H groups in total. The van der Waals surface area contributed by atoms with Gasteiger partial charge in [-0.15, -0.1) is 5.10 Å². The third-order valence-electron chi connectivity index (χ3n) is 5.09. The second-order valence-electron chi connectivity index (χ2n) is 6.51. The lowest BCUT2D eigenvalue weighted by molar-refractivity contribution is -0.0605. The van der Waals surface area contributed by atoms with E-state index < -0.39 is 0 Å². The van der Waals surface area contributed by atoms with Crippen LogP contribution in [0.15, 0.2) is 42.7 Å². The fourth-order valence-electron chi connectivity index (χ4n) is 3.80. The maximum absolute atomic E-state index is 13.1. The first kappa shape index (κ1) is 14.5. The number of benzene rings is 1. The molecule has 25 heavy (non-hydrogen) atoms. The van der Waals surface area contributed by atoms with E-state index in [1.165, 1.54) is 0 Å². The molecule has 2 aromatic heterocycles. The van der Waals surface area contributed by atoms with Crippen molar-refractivity contribution in [2.24, 2.45) is 0 Å². The molecular formula is C18H17N5O2. The lowest BCUT2D eigenvalue weighted by Gasteiger charge is -2.40. The Hall–Kier alpha value is -2.80. The van der Waals surface area contributed by atoms with Crippen LogP contribution < -0.4 is 0 Å². The first-order valence-electron chi connectivity index (χ1n) is 8.45. The Morgan fingerprint density at radius 2 is 2.16 bits per heavy atom. The Morgan fingerprint density at radius 1 is 1.24 bits per heavy atom. The summed E-state index contributed by atoms with van der Waals surface area (Å²) >= 11 is 0. The smallest absolute Gasteiger partial charge is 0.273 e. The third kappa shape index (κ3) is 2.31. The maximum atomic E-state index is 13.1. The van der Waals surface area contributed by atoms with Crippen LogP contribution in [0.3, 0.4) is 0 Å². The normalized spacial score (nSPS) is 22.5. The Morgan fingerprint density at radius 3 is 3.12 bits per heavy atom. The van der Waals surface area contributed by atoms with E-state index >= 15 is 0 Å². The average molecular weight is 335 g/mol. The molecule has 5 rings (SSSR count). The van der Waals surface area contributed by atoms with E-state index in [0.717, 1.165) is 22.9 Å². The SMILES string of the molecule is O=C(c1nccc2ccccc12)N1CC[C@@H]2OCc3cnnn3[C@@H]2C1. The van der Waals surface area contributed by atoms with E-state index in [-0.39, 0.29) is 18.1 Å². The molecule has 0 saturated carbocycles. The molecule has 3 aromatic rings. The van der Waals surface area contributed by atoms with Gasteiger partial charge in [0.15, 0.2) is 0 Å². The van der Waals surface area contributed by atoms with Crippen LogP contribution >= 0.6 is 0 Å². The van der Waals surface area contributed by atoms with Crippen LogP contribution in [0.25, 0.3) is 10.8 Å². The van der Waals surface area contributed by atoms with Crippen molar-refractivity contribution in [2.75, 3.05) is 13.1 Å². The number of carbonyl (C=O) groups is 1. The summed E-state index contributed by atoms with van der Waals surface area (Å²) in [5.41, 5.74) is 1.46. The summed E-state index contributed by atoms with van der Waals surface area (Å²) in [4.78, 5) is 19.3. The Kier molecular flexibility index (Phi) is 3.27. The molecule has 1 fully saturated rings. The molecule has 126 valence electrons. The van der Waals surface area contributed by atoms with Crippen molar-refractivity contribution in [2.45, 2.75) is 25.2 Å². The summed E-state index contributed by atoms with van der Waals surface area (Å²) in [6.45, 7) is 1.76. The molecule has 1 amide bonds. The van der Waals surface area contributed by atoms with Crippen molar-refractivity contribution in [3.63, 3.8) is 0 Å². The van der Waals surface area contributed by atoms with Gasteiger partial charge in [0.25, 0.3) is 5.91 Å². The largest absolute Gasteiger partial charge is 0.370 e. The number of nitrogens with zero attached hydrogens (tertiary/aromatic N) is 5. The topological polar surface area (TPSA) is 73.1 Å². The van der Waals surface area contributed by atoms with Gasteiger partial charge in [-0.2, -0.15) is 0 Å². The summed E-state index contributed by atoms with van der Waals surface area (Å²) in [6, 6.07) is 9.78. The van der Waals surface area contributed by atoms with Crippen LogP contribution in [0.2, 0.25) is 0 Å². The van der Waals surface area contributed by atoms with Gasteiger partial charge in [0.05, 0.1) is 30.6 Å². The van der Waals surface area contributed by atoms with Gasteiger partial charge in [-0.1, -0.05) is 29.5 Å². The van der Waals surface area contributed by atoms with Crippen molar-refractivity contribution < 1.29 is 9.53 Å². The predicted octanol–water partition coefficient (Wildman–Crippen LogP) is 1.81. The first-order chi connectivity index (χ1) is 12.3. The highest BCUT2D eigenvalue weighted by Gasteiger charge is 2.38. The molecule has 0 aliphatic carbocycles. The number of hydrogen-bond acceptors (Lipinski definition) is 5. The molecule has 0 spiro atoms. The van der Waals surface area contributed by atoms with E-state index in [2.05, 4.69) is 15.3 Å². The number of ether oxygens (including phenoxy) is 1. The first-order valence-corrected chi connectivity index (χ1v) is 8.45. The number of aromatic nitrogens is 4. The van der Waals surface area contributed by atoms with E-state index in [4.69, 9.17) is 4.74 Å². The van der Waals surface area contributed by atoms with Crippen molar-refractivity contribution in [1.82, 2.24) is 24.9 Å². The fourth-order valence-corrected chi connectivity index (χ4v) is 3.80. The minimum Gasteiger partial charge on any atom is -0.370 e. The lowest BCUT2D eigenvalue weighted by Crippen LogP contribution is -2.50. The highest BCUT2D eigenvalue weighted by Crippen LogP contribution is 2.31. The molecule has 1 saturated heterocycles. The summed E-state index contributed by atoms with van der Waals surface area (Å²) in [7, 11) is 0. The summed E-state index contributed by atoms with van der Waals surface area (Å²) in [5.74, 6) is -0.0394. The third-order valence-corrected chi connectivity index (χ3v) is 5.09. The van der Waals surface area contributed by atoms with Gasteiger partial charge < -0.3 is 9.64 Å². The highest BCUT2D eigenvalue weighted by molar-refractivity contribution is 6.05. The molecule has 7 nitrogen and oxygen atoms in total. The number of fused-ring (bicyclic) bond motifs is 4. The summed E-state index contributed by atoms with van der Waals surface area (Å²) in [6.07, 6.45) is 4.30. The van der Waals surface area contributed by atoms with Gasteiger partial charge in [-0.3, -0.25) is 9.78 Å². The molecule has 1 aromatic carbocycles. The quantitative estimate of drug-likeness (QED) is 0.678. The summed E-state index contributed by atoms with van der Waals surface area (Å²) < 4.78 is 7.82. The van der Waals surface area contributed by atoms with E-state index in [0.29, 0.717) is 25.4 Å². The summed E-state index contributed by atoms with van der Waals surface area (Å²) in [5, 5.41) is 10.1. The van der Waals surface area contributed by atoms with Crippen molar-refractivity contribution in [3.8, 4) is 0 Å². The van der Waals surface area contributed by atoms with Gasteiger partial charge in [0, 0.05) is 24.7 Å². The van der Waals surface area contributed by atoms with Gasteiger partial charge in [-0.25, -0.2) is 4.68 Å². The molecule has 2 atom stereocenters. The van der Waals surface area contributed by atoms with Crippen molar-refractivity contribution in [3.05, 3.63) is 54.1 Å². The number of amides is 1. The molecular weight excluding hydrogens is 318 g/mol. The molecule has 0 radical (unpaired) electrons. The minimum atomic E-state index is -0.0394. The second-order valence-corrected chi connectivity index (χ2v) is 6.51. The second kappa shape index (κ2) is 5.63. The van der Waals surface area contributed by atoms with Crippen LogP contribution in [0, 0.1) is 0 Å². The van der Waals surface area contributed by atoms with Crippen molar-refractivity contribution >= 4 is 16.7 Å². The molecule has 2 aliphatic rings. The number of piperidine rings is 1. The van der Waals surface area contributed by atoms with Crippen molar-refractivity contribution in [1.29, 1.82) is 0 Å². The molecule has 4 heterocycles. The Labute approximate surface area is 144 Å². The minimum absolute atomic E-state index is 0.0129. The standard InChI is InChI=1S/C18H17N5O2/c24-18(17-14-4-2-1-3-12(14)5-7-19-17)22-8-6-16-15(10-22)23-13(11-25-16)9-20-21-23/h1-5,7,9,15-16H,6,8,10-11H2/t15-,16+/m1/s1. The van der Waals surface area contributed by atoms with E-state index in [1.54, 1.807) is 12.4 Å². The molecule has 2 aliphatic heterocycles. The zero-order valence-electron chi connectivity index (χ0n) is 13.6.